The van der Waals surface area contributed by atoms with Crippen molar-refractivity contribution in [3.63, 3.8) is 0 Å². The largest absolute Gasteiger partial charge is 0.480 e. The molecule has 0 saturated heterocycles. The zero-order chi connectivity index (χ0) is 16.0. The summed E-state index contributed by atoms with van der Waals surface area (Å²) >= 11 is 5.82. The van der Waals surface area contributed by atoms with Gasteiger partial charge in [-0.15, -0.1) is 0 Å². The molecule has 0 spiro atoms. The normalized spacial score (nSPS) is 11.5. The number of non-ortho nitro benzene ring substituents is 1. The monoisotopic (exact) mass is 315 g/mol. The van der Waals surface area contributed by atoms with E-state index < -0.39 is 23.0 Å². The van der Waals surface area contributed by atoms with E-state index >= 15 is 0 Å². The van der Waals surface area contributed by atoms with Gasteiger partial charge in [-0.3, -0.25) is 10.1 Å². The minimum Gasteiger partial charge on any atom is -0.480 e. The molecule has 0 aliphatic heterocycles. The smallest absolute Gasteiger partial charge is 0.326 e. The summed E-state index contributed by atoms with van der Waals surface area (Å²) in [5.41, 5.74) is -0.206. The fourth-order valence-electron chi connectivity index (χ4n) is 1.59. The zero-order valence-corrected chi connectivity index (χ0v) is 11.9. The number of carbonyl (C=O) groups excluding carboxylic acids is 1. The van der Waals surface area contributed by atoms with Gasteiger partial charge in [0.1, 0.15) is 6.04 Å². The highest BCUT2D eigenvalue weighted by atomic mass is 35.5. The molecular weight excluding hydrogens is 302 g/mol. The summed E-state index contributed by atoms with van der Waals surface area (Å²) < 4.78 is 0. The van der Waals surface area contributed by atoms with Crippen LogP contribution in [-0.2, 0) is 4.79 Å². The number of hydrogen-bond donors (Lipinski definition) is 3. The SMILES string of the molecule is CCC[C@@H](NC(=O)Nc1cc([N+](=O)[O-])ccc1Cl)C(=O)O. The quantitative estimate of drug-likeness (QED) is 0.550. The molecule has 1 rings (SSSR count). The second-order valence-electron chi connectivity index (χ2n) is 4.20. The lowest BCUT2D eigenvalue weighted by atomic mass is 10.2. The maximum absolute atomic E-state index is 11.7. The summed E-state index contributed by atoms with van der Waals surface area (Å²) in [6.07, 6.45) is 0.847. The second kappa shape index (κ2) is 7.44. The highest BCUT2D eigenvalue weighted by molar-refractivity contribution is 6.33. The summed E-state index contributed by atoms with van der Waals surface area (Å²) in [7, 11) is 0. The van der Waals surface area contributed by atoms with Gasteiger partial charge in [0.25, 0.3) is 5.69 Å². The number of amides is 2. The van der Waals surface area contributed by atoms with Gasteiger partial charge in [0, 0.05) is 12.1 Å². The molecule has 0 heterocycles. The van der Waals surface area contributed by atoms with E-state index in [0.29, 0.717) is 6.42 Å². The van der Waals surface area contributed by atoms with E-state index in [-0.39, 0.29) is 22.8 Å². The Kier molecular flexibility index (Phi) is 5.92. The lowest BCUT2D eigenvalue weighted by Gasteiger charge is -2.14. The number of rotatable bonds is 6. The molecular formula is C12H14ClN3O5. The highest BCUT2D eigenvalue weighted by Gasteiger charge is 2.19. The predicted molar refractivity (Wildman–Crippen MR) is 76.6 cm³/mol. The van der Waals surface area contributed by atoms with Crippen LogP contribution in [0.2, 0.25) is 5.02 Å². The Bertz CT molecular complexity index is 564. The molecule has 2 amide bonds. The average Bonchev–Trinajstić information content (AvgIpc) is 2.40. The van der Waals surface area contributed by atoms with Gasteiger partial charge in [-0.25, -0.2) is 9.59 Å². The number of hydrogen-bond acceptors (Lipinski definition) is 4. The summed E-state index contributed by atoms with van der Waals surface area (Å²) in [4.78, 5) is 32.7. The first-order valence-electron chi connectivity index (χ1n) is 6.09. The molecule has 0 unspecified atom stereocenters. The number of carboxylic acids is 1. The van der Waals surface area contributed by atoms with Gasteiger partial charge < -0.3 is 15.7 Å². The molecule has 0 radical (unpaired) electrons. The summed E-state index contributed by atoms with van der Waals surface area (Å²) in [5, 5.41) is 24.3. The number of anilines is 1. The number of nitrogens with zero attached hydrogens (tertiary/aromatic N) is 1. The minimum absolute atomic E-state index is 0.0315. The van der Waals surface area contributed by atoms with Crippen LogP contribution in [0.15, 0.2) is 18.2 Å². The van der Waals surface area contributed by atoms with Gasteiger partial charge in [-0.2, -0.15) is 0 Å². The lowest BCUT2D eigenvalue weighted by Crippen LogP contribution is -2.42. The number of carboxylic acid groups (broad SMARTS) is 1. The third-order valence-corrected chi connectivity index (χ3v) is 2.92. The van der Waals surface area contributed by atoms with Crippen molar-refractivity contribution < 1.29 is 19.6 Å². The van der Waals surface area contributed by atoms with E-state index in [4.69, 9.17) is 16.7 Å². The van der Waals surface area contributed by atoms with Gasteiger partial charge in [-0.1, -0.05) is 24.9 Å². The van der Waals surface area contributed by atoms with E-state index in [1.807, 2.05) is 0 Å². The number of urea groups is 1. The molecule has 0 aliphatic carbocycles. The third kappa shape index (κ3) is 4.92. The number of nitrogens with one attached hydrogen (secondary N) is 2. The first-order valence-corrected chi connectivity index (χ1v) is 6.47. The van der Waals surface area contributed by atoms with Gasteiger partial charge >= 0.3 is 12.0 Å². The third-order valence-electron chi connectivity index (χ3n) is 2.59. The first kappa shape index (κ1) is 16.7. The summed E-state index contributed by atoms with van der Waals surface area (Å²) in [6, 6.07) is 1.74. The Labute approximate surface area is 125 Å². The number of nitro groups is 1. The van der Waals surface area contributed by atoms with Crippen LogP contribution < -0.4 is 10.6 Å². The van der Waals surface area contributed by atoms with Crippen LogP contribution in [0.1, 0.15) is 19.8 Å². The van der Waals surface area contributed by atoms with Crippen molar-refractivity contribution in [2.45, 2.75) is 25.8 Å². The number of halogens is 1. The molecule has 0 aliphatic rings. The first-order chi connectivity index (χ1) is 9.85. The van der Waals surface area contributed by atoms with Crippen molar-refractivity contribution in [3.05, 3.63) is 33.3 Å². The number of carbonyl (C=O) groups is 2. The minimum atomic E-state index is -1.16. The van der Waals surface area contributed by atoms with Crippen molar-refractivity contribution >= 4 is 35.0 Å². The van der Waals surface area contributed by atoms with Crippen LogP contribution in [0.3, 0.4) is 0 Å². The van der Waals surface area contributed by atoms with Gasteiger partial charge in [0.05, 0.1) is 15.6 Å². The average molecular weight is 316 g/mol. The molecule has 114 valence electrons. The van der Waals surface area contributed by atoms with Gasteiger partial charge in [0.15, 0.2) is 0 Å². The Morgan fingerprint density at radius 2 is 2.14 bits per heavy atom. The topological polar surface area (TPSA) is 122 Å². The highest BCUT2D eigenvalue weighted by Crippen LogP contribution is 2.26. The van der Waals surface area contributed by atoms with Crippen LogP contribution in [0.4, 0.5) is 16.2 Å². The number of benzene rings is 1. The molecule has 1 atom stereocenters. The Morgan fingerprint density at radius 3 is 2.67 bits per heavy atom. The van der Waals surface area contributed by atoms with Crippen molar-refractivity contribution in [1.29, 1.82) is 0 Å². The molecule has 0 bridgehead atoms. The van der Waals surface area contributed by atoms with Crippen LogP contribution >= 0.6 is 11.6 Å². The van der Waals surface area contributed by atoms with Crippen LogP contribution in [0.5, 0.6) is 0 Å². The number of nitro benzene ring substituents is 1. The van der Waals surface area contributed by atoms with E-state index in [0.717, 1.165) is 6.07 Å². The molecule has 0 aromatic heterocycles. The van der Waals surface area contributed by atoms with Crippen LogP contribution in [0, 0.1) is 10.1 Å². The Hall–Kier alpha value is -2.35. The van der Waals surface area contributed by atoms with Crippen molar-refractivity contribution in [3.8, 4) is 0 Å². The molecule has 9 heteroatoms. The lowest BCUT2D eigenvalue weighted by molar-refractivity contribution is -0.384. The van der Waals surface area contributed by atoms with E-state index in [1.165, 1.54) is 12.1 Å². The van der Waals surface area contributed by atoms with Crippen LogP contribution in [-0.4, -0.2) is 28.1 Å². The summed E-state index contributed by atoms with van der Waals surface area (Å²) in [5.74, 6) is -1.16. The maximum atomic E-state index is 11.7. The molecule has 1 aromatic carbocycles. The molecule has 8 nitrogen and oxygen atoms in total. The van der Waals surface area contributed by atoms with Crippen molar-refractivity contribution in [1.82, 2.24) is 5.32 Å². The Morgan fingerprint density at radius 1 is 1.48 bits per heavy atom. The molecule has 3 N–H and O–H groups in total. The van der Waals surface area contributed by atoms with Gasteiger partial charge in [0.2, 0.25) is 0 Å². The van der Waals surface area contributed by atoms with E-state index in [2.05, 4.69) is 10.6 Å². The zero-order valence-electron chi connectivity index (χ0n) is 11.1. The molecule has 1 aromatic rings. The molecule has 0 fully saturated rings. The fourth-order valence-corrected chi connectivity index (χ4v) is 1.75. The number of aliphatic carboxylic acids is 1. The summed E-state index contributed by atoms with van der Waals surface area (Å²) in [6.45, 7) is 1.78. The molecule has 21 heavy (non-hydrogen) atoms. The second-order valence-corrected chi connectivity index (χ2v) is 4.61. The fraction of sp³-hybridized carbons (Fsp3) is 0.333. The van der Waals surface area contributed by atoms with E-state index in [9.17, 15) is 19.7 Å². The maximum Gasteiger partial charge on any atom is 0.326 e. The van der Waals surface area contributed by atoms with Crippen LogP contribution in [0.25, 0.3) is 0 Å². The molecule has 0 saturated carbocycles. The standard InChI is InChI=1S/C12H14ClN3O5/c1-2-3-9(11(17)18)14-12(19)15-10-6-7(16(20)21)4-5-8(10)13/h4-6,9H,2-3H2,1H3,(H,17,18)(H2,14,15,19)/t9-/m1/s1. The van der Waals surface area contributed by atoms with Crippen molar-refractivity contribution in [2.75, 3.05) is 5.32 Å². The predicted octanol–water partition coefficient (Wildman–Crippen LogP) is 2.62. The van der Waals surface area contributed by atoms with Gasteiger partial charge in [-0.05, 0) is 12.5 Å². The Balaban J connectivity index is 2.80. The van der Waals surface area contributed by atoms with Crippen molar-refractivity contribution in [2.24, 2.45) is 0 Å². The van der Waals surface area contributed by atoms with E-state index in [1.54, 1.807) is 6.92 Å².